The summed E-state index contributed by atoms with van der Waals surface area (Å²) in [4.78, 5) is 24.4. The molecule has 1 atom stereocenters. The SMILES string of the molecule is CCCOc1ccc(C(C)NC(=O)CNC(=O)c2cccc(Cl)c2)cc1OCCC. The Kier molecular flexibility index (Phi) is 9.48. The van der Waals surface area contributed by atoms with Gasteiger partial charge in [-0.05, 0) is 55.7 Å². The van der Waals surface area contributed by atoms with Crippen LogP contribution in [0.4, 0.5) is 0 Å². The lowest BCUT2D eigenvalue weighted by Crippen LogP contribution is -2.38. The van der Waals surface area contributed by atoms with Crippen molar-refractivity contribution >= 4 is 23.4 Å². The average molecular weight is 433 g/mol. The molecule has 0 bridgehead atoms. The zero-order valence-corrected chi connectivity index (χ0v) is 18.4. The number of carbonyl (C=O) groups is 2. The molecule has 1 unspecified atom stereocenters. The summed E-state index contributed by atoms with van der Waals surface area (Å²) >= 11 is 5.89. The van der Waals surface area contributed by atoms with Crippen molar-refractivity contribution in [3.63, 3.8) is 0 Å². The summed E-state index contributed by atoms with van der Waals surface area (Å²) in [7, 11) is 0. The summed E-state index contributed by atoms with van der Waals surface area (Å²) < 4.78 is 11.6. The number of rotatable bonds is 11. The first-order chi connectivity index (χ1) is 14.4. The Hall–Kier alpha value is -2.73. The molecule has 0 saturated heterocycles. The highest BCUT2D eigenvalue weighted by molar-refractivity contribution is 6.30. The molecule has 0 aliphatic rings. The van der Waals surface area contributed by atoms with Crippen LogP contribution in [0.25, 0.3) is 0 Å². The Balaban J connectivity index is 1.95. The van der Waals surface area contributed by atoms with Gasteiger partial charge in [0.2, 0.25) is 5.91 Å². The second-order valence-corrected chi connectivity index (χ2v) is 7.32. The predicted molar refractivity (Wildman–Crippen MR) is 118 cm³/mol. The topological polar surface area (TPSA) is 76.7 Å². The molecule has 7 heteroatoms. The first kappa shape index (κ1) is 23.5. The van der Waals surface area contributed by atoms with E-state index >= 15 is 0 Å². The number of carbonyl (C=O) groups excluding carboxylic acids is 2. The predicted octanol–water partition coefficient (Wildman–Crippen LogP) is 4.52. The monoisotopic (exact) mass is 432 g/mol. The van der Waals surface area contributed by atoms with Crippen LogP contribution in [0.3, 0.4) is 0 Å². The smallest absolute Gasteiger partial charge is 0.251 e. The standard InChI is InChI=1S/C23H29ClN2O4/c1-4-11-29-20-10-9-17(14-21(20)30-12-5-2)16(3)26-22(27)15-25-23(28)18-7-6-8-19(24)13-18/h6-10,13-14,16H,4-5,11-12,15H2,1-3H3,(H,25,28)(H,26,27). The van der Waals surface area contributed by atoms with E-state index in [1.165, 1.54) is 0 Å². The van der Waals surface area contributed by atoms with Gasteiger partial charge in [0, 0.05) is 10.6 Å². The lowest BCUT2D eigenvalue weighted by molar-refractivity contribution is -0.120. The number of benzene rings is 2. The Morgan fingerprint density at radius 3 is 2.37 bits per heavy atom. The number of hydrogen-bond donors (Lipinski definition) is 2. The fourth-order valence-electron chi connectivity index (χ4n) is 2.72. The molecule has 2 rings (SSSR count). The Morgan fingerprint density at radius 1 is 1.00 bits per heavy atom. The van der Waals surface area contributed by atoms with Crippen molar-refractivity contribution in [2.45, 2.75) is 39.7 Å². The van der Waals surface area contributed by atoms with E-state index in [0.29, 0.717) is 35.3 Å². The molecule has 0 fully saturated rings. The largest absolute Gasteiger partial charge is 0.490 e. The minimum Gasteiger partial charge on any atom is -0.490 e. The van der Waals surface area contributed by atoms with Crippen LogP contribution >= 0.6 is 11.6 Å². The third-order valence-corrected chi connectivity index (χ3v) is 4.50. The highest BCUT2D eigenvalue weighted by atomic mass is 35.5. The molecule has 0 aliphatic carbocycles. The summed E-state index contributed by atoms with van der Waals surface area (Å²) in [6, 6.07) is 12.0. The summed E-state index contributed by atoms with van der Waals surface area (Å²) in [5.74, 6) is 0.715. The second kappa shape index (κ2) is 12.1. The Labute approximate surface area is 182 Å². The van der Waals surface area contributed by atoms with Crippen molar-refractivity contribution in [1.29, 1.82) is 0 Å². The van der Waals surface area contributed by atoms with Crippen LogP contribution < -0.4 is 20.1 Å². The van der Waals surface area contributed by atoms with Gasteiger partial charge in [-0.15, -0.1) is 0 Å². The Bertz CT molecular complexity index is 857. The molecule has 0 radical (unpaired) electrons. The lowest BCUT2D eigenvalue weighted by Gasteiger charge is -2.18. The van der Waals surface area contributed by atoms with Crippen LogP contribution in [0.15, 0.2) is 42.5 Å². The van der Waals surface area contributed by atoms with Crippen LogP contribution in [0.5, 0.6) is 11.5 Å². The minimum atomic E-state index is -0.354. The fourth-order valence-corrected chi connectivity index (χ4v) is 2.91. The van der Waals surface area contributed by atoms with Gasteiger partial charge in [-0.1, -0.05) is 37.6 Å². The summed E-state index contributed by atoms with van der Waals surface area (Å²) in [5.41, 5.74) is 1.29. The third kappa shape index (κ3) is 7.26. The minimum absolute atomic E-state index is 0.132. The van der Waals surface area contributed by atoms with Gasteiger partial charge in [-0.25, -0.2) is 0 Å². The number of halogens is 1. The molecular weight excluding hydrogens is 404 g/mol. The summed E-state index contributed by atoms with van der Waals surface area (Å²) in [6.07, 6.45) is 1.79. The van der Waals surface area contributed by atoms with E-state index < -0.39 is 0 Å². The highest BCUT2D eigenvalue weighted by Gasteiger charge is 2.15. The van der Waals surface area contributed by atoms with Crippen LogP contribution in [0.1, 0.15) is 55.6 Å². The van der Waals surface area contributed by atoms with E-state index in [1.54, 1.807) is 24.3 Å². The van der Waals surface area contributed by atoms with E-state index in [1.807, 2.05) is 39.0 Å². The number of ether oxygens (including phenoxy) is 2. The van der Waals surface area contributed by atoms with Gasteiger partial charge in [0.15, 0.2) is 11.5 Å². The van der Waals surface area contributed by atoms with E-state index in [2.05, 4.69) is 10.6 Å². The molecule has 2 aromatic carbocycles. The fraction of sp³-hybridized carbons (Fsp3) is 0.391. The van der Waals surface area contributed by atoms with Crippen LogP contribution in [0, 0.1) is 0 Å². The summed E-state index contributed by atoms with van der Waals surface area (Å²) in [5, 5.41) is 5.95. The highest BCUT2D eigenvalue weighted by Crippen LogP contribution is 2.31. The maximum Gasteiger partial charge on any atom is 0.251 e. The van der Waals surface area contributed by atoms with Gasteiger partial charge in [0.05, 0.1) is 25.8 Å². The van der Waals surface area contributed by atoms with Crippen molar-refractivity contribution in [2.24, 2.45) is 0 Å². The summed E-state index contributed by atoms with van der Waals surface area (Å²) in [6.45, 7) is 7.03. The molecule has 2 N–H and O–H groups in total. The molecule has 6 nitrogen and oxygen atoms in total. The lowest BCUT2D eigenvalue weighted by atomic mass is 10.1. The van der Waals surface area contributed by atoms with E-state index in [0.717, 1.165) is 18.4 Å². The van der Waals surface area contributed by atoms with Gasteiger partial charge >= 0.3 is 0 Å². The van der Waals surface area contributed by atoms with Crippen LogP contribution in [-0.4, -0.2) is 31.6 Å². The molecule has 2 amide bonds. The maximum atomic E-state index is 12.3. The number of nitrogens with one attached hydrogen (secondary N) is 2. The van der Waals surface area contributed by atoms with Gasteiger partial charge in [-0.2, -0.15) is 0 Å². The van der Waals surface area contributed by atoms with E-state index in [4.69, 9.17) is 21.1 Å². The zero-order valence-electron chi connectivity index (χ0n) is 17.7. The second-order valence-electron chi connectivity index (χ2n) is 6.89. The Morgan fingerprint density at radius 2 is 1.70 bits per heavy atom. The van der Waals surface area contributed by atoms with Gasteiger partial charge in [-0.3, -0.25) is 9.59 Å². The molecule has 162 valence electrons. The normalized spacial score (nSPS) is 11.5. The molecule has 0 saturated carbocycles. The van der Waals surface area contributed by atoms with Crippen molar-refractivity contribution in [2.75, 3.05) is 19.8 Å². The van der Waals surface area contributed by atoms with Gasteiger partial charge < -0.3 is 20.1 Å². The van der Waals surface area contributed by atoms with Crippen molar-refractivity contribution in [3.8, 4) is 11.5 Å². The molecule has 0 aromatic heterocycles. The first-order valence-corrected chi connectivity index (χ1v) is 10.5. The van der Waals surface area contributed by atoms with E-state index in [-0.39, 0.29) is 24.4 Å². The quantitative estimate of drug-likeness (QED) is 0.547. The van der Waals surface area contributed by atoms with Crippen molar-refractivity contribution < 1.29 is 19.1 Å². The van der Waals surface area contributed by atoms with E-state index in [9.17, 15) is 9.59 Å². The third-order valence-electron chi connectivity index (χ3n) is 4.26. The molecule has 0 heterocycles. The van der Waals surface area contributed by atoms with Gasteiger partial charge in [0.25, 0.3) is 5.91 Å². The number of hydrogen-bond acceptors (Lipinski definition) is 4. The maximum absolute atomic E-state index is 12.3. The van der Waals surface area contributed by atoms with Gasteiger partial charge in [0.1, 0.15) is 0 Å². The van der Waals surface area contributed by atoms with Crippen molar-refractivity contribution in [3.05, 3.63) is 58.6 Å². The van der Waals surface area contributed by atoms with Crippen molar-refractivity contribution in [1.82, 2.24) is 10.6 Å². The number of amides is 2. The van der Waals surface area contributed by atoms with Crippen LogP contribution in [-0.2, 0) is 4.79 Å². The molecule has 30 heavy (non-hydrogen) atoms. The average Bonchev–Trinajstić information content (AvgIpc) is 2.74. The zero-order chi connectivity index (χ0) is 21.9. The van der Waals surface area contributed by atoms with Crippen LogP contribution in [0.2, 0.25) is 5.02 Å². The molecule has 0 aliphatic heterocycles. The molecule has 0 spiro atoms. The molecule has 2 aromatic rings. The first-order valence-electron chi connectivity index (χ1n) is 10.2. The molecular formula is C23H29ClN2O4.